The van der Waals surface area contributed by atoms with Crippen molar-refractivity contribution in [1.29, 1.82) is 0 Å². The fraction of sp³-hybridized carbons (Fsp3) is 0.538. The molecule has 5 N–H and O–H groups in total. The number of aliphatic hydroxyl groups is 5. The molecule has 0 saturated carbocycles. The van der Waals surface area contributed by atoms with E-state index in [1.807, 2.05) is 0 Å². The van der Waals surface area contributed by atoms with E-state index in [1.54, 1.807) is 36.4 Å². The molecular formula is C26H28O13. The number of hydrogen-bond acceptors (Lipinski definition) is 13. The lowest BCUT2D eigenvalue weighted by Crippen LogP contribution is -2.60. The Bertz CT molecular complexity index is 1240. The Morgan fingerprint density at radius 3 is 2.15 bits per heavy atom. The van der Waals surface area contributed by atoms with Gasteiger partial charge in [0.1, 0.15) is 36.1 Å². The molecule has 39 heavy (non-hydrogen) atoms. The van der Waals surface area contributed by atoms with E-state index in [-0.39, 0.29) is 20.2 Å². The fourth-order valence-corrected chi connectivity index (χ4v) is 5.99. The first-order valence-electron chi connectivity index (χ1n) is 12.6. The van der Waals surface area contributed by atoms with E-state index < -0.39 is 67.3 Å². The van der Waals surface area contributed by atoms with Crippen molar-refractivity contribution in [3.05, 3.63) is 47.5 Å². The van der Waals surface area contributed by atoms with E-state index >= 15 is 0 Å². The molecule has 0 aliphatic carbocycles. The van der Waals surface area contributed by atoms with Crippen molar-refractivity contribution in [2.75, 3.05) is 26.8 Å². The van der Waals surface area contributed by atoms with Crippen molar-refractivity contribution in [2.24, 2.45) is 5.92 Å². The second kappa shape index (κ2) is 9.44. The van der Waals surface area contributed by atoms with E-state index in [0.29, 0.717) is 34.1 Å². The van der Waals surface area contributed by atoms with E-state index in [0.717, 1.165) is 0 Å². The molecule has 5 heterocycles. The first-order valence-corrected chi connectivity index (χ1v) is 12.6. The van der Waals surface area contributed by atoms with Gasteiger partial charge in [0.25, 0.3) is 0 Å². The summed E-state index contributed by atoms with van der Waals surface area (Å²) in [5.74, 6) is 1.35. The molecule has 3 saturated heterocycles. The Morgan fingerprint density at radius 1 is 0.821 bits per heavy atom. The summed E-state index contributed by atoms with van der Waals surface area (Å²) in [5.41, 5.74) is -0.326. The Kier molecular flexibility index (Phi) is 6.11. The van der Waals surface area contributed by atoms with Crippen LogP contribution in [0.4, 0.5) is 0 Å². The molecule has 3 fully saturated rings. The van der Waals surface area contributed by atoms with Crippen LogP contribution < -0.4 is 18.9 Å². The number of ether oxygens (including phenoxy) is 8. The maximum absolute atomic E-state index is 12.1. The summed E-state index contributed by atoms with van der Waals surface area (Å²) in [7, 11) is 0. The van der Waals surface area contributed by atoms with Crippen molar-refractivity contribution in [3.8, 4) is 23.0 Å². The van der Waals surface area contributed by atoms with Crippen LogP contribution in [-0.2, 0) is 18.9 Å². The molecule has 210 valence electrons. The summed E-state index contributed by atoms with van der Waals surface area (Å²) in [6.45, 7) is -0.547. The molecule has 0 unspecified atom stereocenters. The zero-order valence-corrected chi connectivity index (χ0v) is 20.5. The largest absolute Gasteiger partial charge is 0.454 e. The lowest BCUT2D eigenvalue weighted by Gasteiger charge is -2.41. The molecule has 13 nitrogen and oxygen atoms in total. The Morgan fingerprint density at radius 2 is 1.46 bits per heavy atom. The molecule has 5 aliphatic heterocycles. The molecule has 7 rings (SSSR count). The maximum Gasteiger partial charge on any atom is 0.231 e. The molecule has 0 bridgehead atoms. The minimum atomic E-state index is -1.71. The normalized spacial score (nSPS) is 40.2. The third kappa shape index (κ3) is 3.96. The van der Waals surface area contributed by atoms with Crippen LogP contribution in [0.3, 0.4) is 0 Å². The number of hydrogen-bond donors (Lipinski definition) is 5. The number of benzene rings is 2. The molecule has 10 atom stereocenters. The number of fused-ring (bicyclic) bond motifs is 3. The van der Waals surface area contributed by atoms with E-state index in [9.17, 15) is 25.5 Å². The average molecular weight is 548 g/mol. The number of rotatable bonds is 5. The highest BCUT2D eigenvalue weighted by Crippen LogP contribution is 2.57. The van der Waals surface area contributed by atoms with Crippen LogP contribution in [0, 0.1) is 5.92 Å². The number of aliphatic hydroxyl groups excluding tert-OH is 4. The maximum atomic E-state index is 12.1. The molecule has 0 spiro atoms. The van der Waals surface area contributed by atoms with Crippen LogP contribution in [0.1, 0.15) is 23.3 Å². The smallest absolute Gasteiger partial charge is 0.231 e. The predicted molar refractivity (Wildman–Crippen MR) is 125 cm³/mol. The average Bonchev–Trinajstić information content (AvgIpc) is 3.71. The highest BCUT2D eigenvalue weighted by atomic mass is 16.7. The van der Waals surface area contributed by atoms with E-state index in [4.69, 9.17) is 37.9 Å². The standard InChI is InChI=1S/C26H28O13/c27-7-17-22(19(28)20(29)24(30)37-17)38-25-18-21(11-1-3-13-15(5-11)35-9-33-13)32-8-26(18,31)23(39-25)12-2-4-14-16(6-12)36-10-34-14/h1-6,17-25,27-31H,7-10H2/t17-,18+,19-,20-,21-,22-,23-,24-,25+,26-/m1/s1. The monoisotopic (exact) mass is 548 g/mol. The summed E-state index contributed by atoms with van der Waals surface area (Å²) in [4.78, 5) is 0. The zero-order chi connectivity index (χ0) is 26.9. The SMILES string of the molecule is OC[C@H]1O[C@@H](O)[C@H](O)[C@@H](O)[C@@H]1O[C@H]1O[C@H](c2ccc3c(c2)OCO3)[C@@]2(O)CO[C@H](c3ccc4c(c3)OCO4)[C@@H]12. The lowest BCUT2D eigenvalue weighted by atomic mass is 9.80. The summed E-state index contributed by atoms with van der Waals surface area (Å²) >= 11 is 0. The molecule has 13 heteroatoms. The lowest BCUT2D eigenvalue weighted by molar-refractivity contribution is -0.320. The topological polar surface area (TPSA) is 175 Å². The van der Waals surface area contributed by atoms with Crippen molar-refractivity contribution >= 4 is 0 Å². The van der Waals surface area contributed by atoms with Crippen molar-refractivity contribution in [1.82, 2.24) is 0 Å². The van der Waals surface area contributed by atoms with E-state index in [2.05, 4.69) is 0 Å². The minimum absolute atomic E-state index is 0.0779. The van der Waals surface area contributed by atoms with Gasteiger partial charge in [-0.2, -0.15) is 0 Å². The van der Waals surface area contributed by atoms with Gasteiger partial charge < -0.3 is 63.4 Å². The summed E-state index contributed by atoms with van der Waals surface area (Å²) in [6, 6.07) is 10.5. The van der Waals surface area contributed by atoms with Crippen LogP contribution in [-0.4, -0.2) is 94.9 Å². The quantitative estimate of drug-likeness (QED) is 0.323. The Hall–Kier alpha value is -2.72. The van der Waals surface area contributed by atoms with Crippen LogP contribution in [0.2, 0.25) is 0 Å². The van der Waals surface area contributed by atoms with Gasteiger partial charge in [-0.1, -0.05) is 12.1 Å². The first kappa shape index (κ1) is 25.3. The predicted octanol–water partition coefficient (Wildman–Crippen LogP) is -0.523. The van der Waals surface area contributed by atoms with Gasteiger partial charge in [-0.15, -0.1) is 0 Å². The van der Waals surface area contributed by atoms with Gasteiger partial charge in [0, 0.05) is 0 Å². The van der Waals surface area contributed by atoms with Gasteiger partial charge in [0.2, 0.25) is 13.6 Å². The summed E-state index contributed by atoms with van der Waals surface area (Å²) in [5, 5.41) is 52.8. The third-order valence-corrected chi connectivity index (χ3v) is 7.97. The summed E-state index contributed by atoms with van der Waals surface area (Å²) in [6.07, 6.45) is -10.3. The molecular weight excluding hydrogens is 520 g/mol. The highest BCUT2D eigenvalue weighted by molar-refractivity contribution is 5.47. The van der Waals surface area contributed by atoms with E-state index in [1.165, 1.54) is 0 Å². The molecule has 2 aromatic carbocycles. The second-order valence-electron chi connectivity index (χ2n) is 10.2. The molecule has 2 aromatic rings. The molecule has 0 radical (unpaired) electrons. The zero-order valence-electron chi connectivity index (χ0n) is 20.5. The van der Waals surface area contributed by atoms with Gasteiger partial charge >= 0.3 is 0 Å². The summed E-state index contributed by atoms with van der Waals surface area (Å²) < 4.78 is 45.8. The Balaban J connectivity index is 1.25. The van der Waals surface area contributed by atoms with Crippen LogP contribution in [0.15, 0.2) is 36.4 Å². The van der Waals surface area contributed by atoms with Crippen molar-refractivity contribution in [2.45, 2.75) is 54.8 Å². The Labute approximate surface area is 221 Å². The molecule has 0 amide bonds. The van der Waals surface area contributed by atoms with Gasteiger partial charge in [-0.25, -0.2) is 0 Å². The third-order valence-electron chi connectivity index (χ3n) is 7.97. The molecule has 0 aromatic heterocycles. The van der Waals surface area contributed by atoms with Gasteiger partial charge in [0.05, 0.1) is 25.2 Å². The highest BCUT2D eigenvalue weighted by Gasteiger charge is 2.65. The minimum Gasteiger partial charge on any atom is -0.454 e. The second-order valence-corrected chi connectivity index (χ2v) is 10.2. The van der Waals surface area contributed by atoms with Gasteiger partial charge in [0.15, 0.2) is 35.6 Å². The fourth-order valence-electron chi connectivity index (χ4n) is 5.99. The van der Waals surface area contributed by atoms with Crippen molar-refractivity contribution < 1.29 is 63.4 Å². The van der Waals surface area contributed by atoms with Crippen LogP contribution in [0.5, 0.6) is 23.0 Å². The van der Waals surface area contributed by atoms with Crippen LogP contribution in [0.25, 0.3) is 0 Å². The first-order chi connectivity index (χ1) is 18.9. The van der Waals surface area contributed by atoms with Crippen LogP contribution >= 0.6 is 0 Å². The molecule has 5 aliphatic rings. The van der Waals surface area contributed by atoms with Gasteiger partial charge in [-0.3, -0.25) is 0 Å². The van der Waals surface area contributed by atoms with Crippen molar-refractivity contribution in [3.63, 3.8) is 0 Å². The van der Waals surface area contributed by atoms with Gasteiger partial charge in [-0.05, 0) is 35.4 Å².